The van der Waals surface area contributed by atoms with Gasteiger partial charge < -0.3 is 16.0 Å². The molecule has 3 heteroatoms. The second-order valence-corrected chi connectivity index (χ2v) is 5.72. The Bertz CT molecular complexity index is 239. The third kappa shape index (κ3) is 1.81. The van der Waals surface area contributed by atoms with E-state index in [1.165, 1.54) is 51.9 Å². The number of nitrogens with one attached hydrogen (secondary N) is 1. The van der Waals surface area contributed by atoms with Gasteiger partial charge in [0.2, 0.25) is 0 Å². The summed E-state index contributed by atoms with van der Waals surface area (Å²) in [6, 6.07) is 0. The van der Waals surface area contributed by atoms with Crippen LogP contribution in [0.5, 0.6) is 0 Å². The summed E-state index contributed by atoms with van der Waals surface area (Å²) < 4.78 is 0. The molecule has 0 aromatic rings. The molecule has 1 aliphatic carbocycles. The topological polar surface area (TPSA) is 41.3 Å². The van der Waals surface area contributed by atoms with Gasteiger partial charge in [0.25, 0.3) is 0 Å². The molecule has 3 nitrogen and oxygen atoms in total. The van der Waals surface area contributed by atoms with Gasteiger partial charge in [0.05, 0.1) is 0 Å². The Labute approximate surface area is 92.4 Å². The highest BCUT2D eigenvalue weighted by Gasteiger charge is 2.45. The number of hydrogen-bond donors (Lipinski definition) is 2. The molecule has 3 fully saturated rings. The predicted molar refractivity (Wildman–Crippen MR) is 61.7 cm³/mol. The third-order valence-corrected chi connectivity index (χ3v) is 4.73. The number of piperidine rings is 1. The van der Waals surface area contributed by atoms with E-state index in [4.69, 9.17) is 5.73 Å². The molecule has 86 valence electrons. The monoisotopic (exact) mass is 209 g/mol. The molecule has 3 unspecified atom stereocenters. The normalized spacial score (nSPS) is 44.6. The molecule has 1 saturated carbocycles. The summed E-state index contributed by atoms with van der Waals surface area (Å²) in [5.74, 6) is 1.78. The second-order valence-electron chi connectivity index (χ2n) is 5.72. The van der Waals surface area contributed by atoms with Crippen molar-refractivity contribution in [2.75, 3.05) is 32.7 Å². The standard InChI is InChI=1S/C12H23N3/c13-9-12(14-7-10-1-2-10)4-6-15-5-3-11(12)8-15/h10-11,14H,1-9,13H2. The van der Waals surface area contributed by atoms with Crippen molar-refractivity contribution < 1.29 is 0 Å². The maximum atomic E-state index is 6.05. The lowest BCUT2D eigenvalue weighted by atomic mass is 9.78. The lowest BCUT2D eigenvalue weighted by molar-refractivity contribution is 0.135. The van der Waals surface area contributed by atoms with Crippen LogP contribution in [0.1, 0.15) is 25.7 Å². The lowest BCUT2D eigenvalue weighted by Crippen LogP contribution is -2.60. The van der Waals surface area contributed by atoms with Crippen molar-refractivity contribution in [1.29, 1.82) is 0 Å². The van der Waals surface area contributed by atoms with Crippen LogP contribution in [0.25, 0.3) is 0 Å². The average Bonchev–Trinajstić information content (AvgIpc) is 3.01. The van der Waals surface area contributed by atoms with E-state index in [9.17, 15) is 0 Å². The molecule has 3 N–H and O–H groups in total. The fraction of sp³-hybridized carbons (Fsp3) is 1.00. The quantitative estimate of drug-likeness (QED) is 0.704. The van der Waals surface area contributed by atoms with Crippen LogP contribution < -0.4 is 11.1 Å². The molecule has 3 atom stereocenters. The van der Waals surface area contributed by atoms with Gasteiger partial charge >= 0.3 is 0 Å². The summed E-state index contributed by atoms with van der Waals surface area (Å²) in [6.07, 6.45) is 5.49. The molecular formula is C12H23N3. The van der Waals surface area contributed by atoms with Crippen LogP contribution >= 0.6 is 0 Å². The van der Waals surface area contributed by atoms with Crippen molar-refractivity contribution in [2.45, 2.75) is 31.2 Å². The number of nitrogens with two attached hydrogens (primary N) is 1. The van der Waals surface area contributed by atoms with Crippen LogP contribution in [-0.2, 0) is 0 Å². The Hall–Kier alpha value is -0.120. The van der Waals surface area contributed by atoms with Gasteiger partial charge in [-0.3, -0.25) is 0 Å². The van der Waals surface area contributed by atoms with Crippen molar-refractivity contribution in [3.63, 3.8) is 0 Å². The highest BCUT2D eigenvalue weighted by molar-refractivity contribution is 5.04. The first-order valence-electron chi connectivity index (χ1n) is 6.50. The smallest absolute Gasteiger partial charge is 0.0357 e. The van der Waals surface area contributed by atoms with Crippen molar-refractivity contribution >= 4 is 0 Å². The summed E-state index contributed by atoms with van der Waals surface area (Å²) in [5, 5.41) is 3.82. The van der Waals surface area contributed by atoms with Crippen LogP contribution in [0.15, 0.2) is 0 Å². The van der Waals surface area contributed by atoms with Crippen LogP contribution in [-0.4, -0.2) is 43.2 Å². The Morgan fingerprint density at radius 2 is 2.13 bits per heavy atom. The van der Waals surface area contributed by atoms with Gasteiger partial charge in [-0.25, -0.2) is 0 Å². The van der Waals surface area contributed by atoms with Gasteiger partial charge in [0, 0.05) is 18.6 Å². The Kier molecular flexibility index (Phi) is 2.49. The van der Waals surface area contributed by atoms with Crippen LogP contribution in [0.4, 0.5) is 0 Å². The molecule has 0 radical (unpaired) electrons. The third-order valence-electron chi connectivity index (χ3n) is 4.73. The summed E-state index contributed by atoms with van der Waals surface area (Å²) in [4.78, 5) is 2.59. The number of nitrogens with zero attached hydrogens (tertiary/aromatic N) is 1. The Balaban J connectivity index is 1.66. The zero-order valence-corrected chi connectivity index (χ0v) is 9.54. The zero-order chi connectivity index (χ0) is 10.3. The van der Waals surface area contributed by atoms with Gasteiger partial charge in [-0.1, -0.05) is 0 Å². The first-order chi connectivity index (χ1) is 7.32. The van der Waals surface area contributed by atoms with Crippen molar-refractivity contribution in [1.82, 2.24) is 10.2 Å². The summed E-state index contributed by atoms with van der Waals surface area (Å²) >= 11 is 0. The van der Waals surface area contributed by atoms with Crippen LogP contribution in [0.3, 0.4) is 0 Å². The van der Waals surface area contributed by atoms with Gasteiger partial charge in [0.15, 0.2) is 0 Å². The minimum Gasteiger partial charge on any atom is -0.329 e. The molecule has 2 heterocycles. The van der Waals surface area contributed by atoms with Crippen LogP contribution in [0, 0.1) is 11.8 Å². The molecule has 15 heavy (non-hydrogen) atoms. The second kappa shape index (κ2) is 3.72. The Morgan fingerprint density at radius 1 is 1.27 bits per heavy atom. The number of rotatable bonds is 4. The van der Waals surface area contributed by atoms with E-state index in [2.05, 4.69) is 10.2 Å². The molecule has 2 saturated heterocycles. The largest absolute Gasteiger partial charge is 0.329 e. The van der Waals surface area contributed by atoms with Crippen molar-refractivity contribution in [2.24, 2.45) is 17.6 Å². The lowest BCUT2D eigenvalue weighted by Gasteiger charge is -2.43. The Morgan fingerprint density at radius 3 is 2.87 bits per heavy atom. The van der Waals surface area contributed by atoms with E-state index < -0.39 is 0 Å². The molecule has 0 aromatic carbocycles. The molecule has 0 amide bonds. The van der Waals surface area contributed by atoms with E-state index in [-0.39, 0.29) is 5.54 Å². The minimum absolute atomic E-state index is 0.287. The highest BCUT2D eigenvalue weighted by Crippen LogP contribution is 2.36. The molecule has 3 aliphatic rings. The first kappa shape index (κ1) is 10.1. The first-order valence-corrected chi connectivity index (χ1v) is 6.50. The summed E-state index contributed by atoms with van der Waals surface area (Å²) in [6.45, 7) is 5.89. The molecule has 2 aliphatic heterocycles. The van der Waals surface area contributed by atoms with E-state index in [1.54, 1.807) is 0 Å². The molecular weight excluding hydrogens is 186 g/mol. The SMILES string of the molecule is NCC1(NCC2CC2)CCN2CCC1C2. The van der Waals surface area contributed by atoms with Gasteiger partial charge in [-0.2, -0.15) is 0 Å². The van der Waals surface area contributed by atoms with Gasteiger partial charge in [0.1, 0.15) is 0 Å². The number of fused-ring (bicyclic) bond motifs is 2. The zero-order valence-electron chi connectivity index (χ0n) is 9.54. The maximum Gasteiger partial charge on any atom is 0.0357 e. The van der Waals surface area contributed by atoms with E-state index in [1.807, 2.05) is 0 Å². The number of hydrogen-bond acceptors (Lipinski definition) is 3. The molecule has 0 aromatic heterocycles. The van der Waals surface area contributed by atoms with Crippen LogP contribution in [0.2, 0.25) is 0 Å². The molecule has 2 bridgehead atoms. The van der Waals surface area contributed by atoms with E-state index in [0.29, 0.717) is 0 Å². The highest BCUT2D eigenvalue weighted by atomic mass is 15.2. The molecule has 0 spiro atoms. The van der Waals surface area contributed by atoms with Gasteiger partial charge in [-0.15, -0.1) is 0 Å². The van der Waals surface area contributed by atoms with Crippen molar-refractivity contribution in [3.05, 3.63) is 0 Å². The maximum absolute atomic E-state index is 6.05. The van der Waals surface area contributed by atoms with E-state index >= 15 is 0 Å². The van der Waals surface area contributed by atoms with Gasteiger partial charge in [-0.05, 0) is 57.2 Å². The fourth-order valence-electron chi connectivity index (χ4n) is 3.29. The predicted octanol–water partition coefficient (Wildman–Crippen LogP) is 0.409. The molecule has 3 rings (SSSR count). The fourth-order valence-corrected chi connectivity index (χ4v) is 3.29. The average molecular weight is 209 g/mol. The minimum atomic E-state index is 0.287. The van der Waals surface area contributed by atoms with Crippen molar-refractivity contribution in [3.8, 4) is 0 Å². The summed E-state index contributed by atoms with van der Waals surface area (Å²) in [5.41, 5.74) is 6.34. The van der Waals surface area contributed by atoms with E-state index in [0.717, 1.165) is 18.4 Å². The summed E-state index contributed by atoms with van der Waals surface area (Å²) in [7, 11) is 0.